The van der Waals surface area contributed by atoms with E-state index in [2.05, 4.69) is 5.32 Å². The lowest BCUT2D eigenvalue weighted by Gasteiger charge is -2.23. The molecule has 1 atom stereocenters. The first-order valence-corrected chi connectivity index (χ1v) is 14.0. The van der Waals surface area contributed by atoms with E-state index in [0.717, 1.165) is 5.56 Å². The number of hydrogen-bond donors (Lipinski definition) is 1. The molecule has 0 saturated carbocycles. The van der Waals surface area contributed by atoms with Gasteiger partial charge in [0.05, 0.1) is 22.4 Å². The van der Waals surface area contributed by atoms with Crippen LogP contribution in [0.3, 0.4) is 0 Å². The van der Waals surface area contributed by atoms with Crippen molar-refractivity contribution < 1.29 is 18.4 Å². The van der Waals surface area contributed by atoms with E-state index in [9.17, 15) is 18.4 Å². The van der Waals surface area contributed by atoms with Crippen molar-refractivity contribution in [2.24, 2.45) is 0 Å². The van der Waals surface area contributed by atoms with Gasteiger partial charge in [-0.25, -0.2) is 13.5 Å². The second-order valence-corrected chi connectivity index (χ2v) is 10.6. The fraction of sp³-hybridized carbons (Fsp3) is 0.0938. The highest BCUT2D eigenvalue weighted by atomic mass is 32.2. The van der Waals surface area contributed by atoms with Gasteiger partial charge in [0.1, 0.15) is 24.0 Å². The summed E-state index contributed by atoms with van der Waals surface area (Å²) in [5.74, 6) is -1.08. The van der Waals surface area contributed by atoms with Gasteiger partial charge in [0.2, 0.25) is 11.8 Å². The highest BCUT2D eigenvalue weighted by Gasteiger charge is 2.37. The third kappa shape index (κ3) is 5.49. The fourth-order valence-corrected chi connectivity index (χ4v) is 6.08. The van der Waals surface area contributed by atoms with Crippen molar-refractivity contribution >= 4 is 35.1 Å². The first kappa shape index (κ1) is 26.5. The predicted molar refractivity (Wildman–Crippen MR) is 157 cm³/mol. The SMILES string of the molecule is O=C(CN1C(=O)CSC(c2cccc(F)c2)c2c(-c3ccccc3)nn(-c3ccc(F)cc3)c21)Nc1ccccc1. The topological polar surface area (TPSA) is 67.2 Å². The molecule has 1 N–H and O–H groups in total. The minimum atomic E-state index is -0.476. The van der Waals surface area contributed by atoms with E-state index in [0.29, 0.717) is 34.0 Å². The fourth-order valence-electron chi connectivity index (χ4n) is 4.89. The molecular weight excluding hydrogens is 542 g/mol. The Morgan fingerprint density at radius 1 is 0.878 bits per heavy atom. The Morgan fingerprint density at radius 3 is 2.29 bits per heavy atom. The van der Waals surface area contributed by atoms with Crippen molar-refractivity contribution in [3.8, 4) is 16.9 Å². The van der Waals surface area contributed by atoms with Crippen molar-refractivity contribution in [3.05, 3.63) is 132 Å². The van der Waals surface area contributed by atoms with Crippen molar-refractivity contribution in [3.63, 3.8) is 0 Å². The Kier molecular flexibility index (Phi) is 7.35. The summed E-state index contributed by atoms with van der Waals surface area (Å²) in [6.45, 7) is -0.279. The number of para-hydroxylation sites is 1. The van der Waals surface area contributed by atoms with Crippen LogP contribution in [0.15, 0.2) is 109 Å². The summed E-state index contributed by atoms with van der Waals surface area (Å²) in [7, 11) is 0. The smallest absolute Gasteiger partial charge is 0.244 e. The second-order valence-electron chi connectivity index (χ2n) is 9.48. The van der Waals surface area contributed by atoms with Gasteiger partial charge < -0.3 is 5.32 Å². The molecule has 204 valence electrons. The molecule has 0 radical (unpaired) electrons. The van der Waals surface area contributed by atoms with Crippen molar-refractivity contribution in [2.75, 3.05) is 22.5 Å². The molecule has 6 rings (SSSR count). The minimum absolute atomic E-state index is 0.0477. The summed E-state index contributed by atoms with van der Waals surface area (Å²) in [6, 6.07) is 30.5. The number of rotatable bonds is 6. The van der Waals surface area contributed by atoms with Gasteiger partial charge in [0.15, 0.2) is 0 Å². The van der Waals surface area contributed by atoms with E-state index >= 15 is 0 Å². The standard InChI is InChI=1S/C32H24F2N4O2S/c33-23-14-16-26(17-15-23)38-32-29(30(36-38)21-8-3-1-4-9-21)31(22-10-7-11-24(34)18-22)41-20-28(40)37(32)19-27(39)35-25-12-5-2-6-13-25/h1-18,31H,19-20H2,(H,35,39). The number of hydrogen-bond acceptors (Lipinski definition) is 4. The van der Waals surface area contributed by atoms with Gasteiger partial charge in [0, 0.05) is 16.8 Å². The van der Waals surface area contributed by atoms with Crippen LogP contribution in [0.2, 0.25) is 0 Å². The highest BCUT2D eigenvalue weighted by Crippen LogP contribution is 2.48. The largest absolute Gasteiger partial charge is 0.325 e. The van der Waals surface area contributed by atoms with E-state index in [4.69, 9.17) is 5.10 Å². The number of halogens is 2. The van der Waals surface area contributed by atoms with Crippen LogP contribution >= 0.6 is 11.8 Å². The molecule has 6 nitrogen and oxygen atoms in total. The summed E-state index contributed by atoms with van der Waals surface area (Å²) in [5, 5.41) is 7.31. The van der Waals surface area contributed by atoms with E-state index in [1.807, 2.05) is 42.5 Å². The predicted octanol–water partition coefficient (Wildman–Crippen LogP) is 6.63. The van der Waals surface area contributed by atoms with Gasteiger partial charge in [-0.3, -0.25) is 14.5 Å². The molecule has 0 fully saturated rings. The first-order valence-electron chi connectivity index (χ1n) is 12.9. The normalized spacial score (nSPS) is 14.8. The number of fused-ring (bicyclic) bond motifs is 1. The zero-order chi connectivity index (χ0) is 28.3. The molecule has 41 heavy (non-hydrogen) atoms. The molecule has 0 aliphatic carbocycles. The Bertz CT molecular complexity index is 1710. The number of anilines is 2. The van der Waals surface area contributed by atoms with Crippen LogP contribution in [0.1, 0.15) is 16.4 Å². The maximum Gasteiger partial charge on any atom is 0.244 e. The first-order chi connectivity index (χ1) is 20.0. The van der Waals surface area contributed by atoms with Crippen LogP contribution in [0.5, 0.6) is 0 Å². The van der Waals surface area contributed by atoms with Crippen molar-refractivity contribution in [1.29, 1.82) is 0 Å². The van der Waals surface area contributed by atoms with E-state index in [1.54, 1.807) is 47.1 Å². The minimum Gasteiger partial charge on any atom is -0.325 e. The average molecular weight is 567 g/mol. The summed E-state index contributed by atoms with van der Waals surface area (Å²) < 4.78 is 30.0. The van der Waals surface area contributed by atoms with Crippen LogP contribution in [-0.4, -0.2) is 33.9 Å². The van der Waals surface area contributed by atoms with E-state index < -0.39 is 22.8 Å². The molecule has 1 aliphatic heterocycles. The summed E-state index contributed by atoms with van der Waals surface area (Å²) in [6.07, 6.45) is 0. The number of benzene rings is 4. The molecular formula is C32H24F2N4O2S. The monoisotopic (exact) mass is 566 g/mol. The van der Waals surface area contributed by atoms with Crippen molar-refractivity contribution in [2.45, 2.75) is 5.25 Å². The zero-order valence-corrected chi connectivity index (χ0v) is 22.5. The van der Waals surface area contributed by atoms with E-state index in [1.165, 1.54) is 40.9 Å². The van der Waals surface area contributed by atoms with Crippen LogP contribution in [0.25, 0.3) is 16.9 Å². The molecule has 1 aliphatic rings. The number of carbonyl (C=O) groups is 2. The molecule has 2 amide bonds. The Morgan fingerprint density at radius 2 is 1.59 bits per heavy atom. The molecule has 2 heterocycles. The number of thioether (sulfide) groups is 1. The Labute approximate surface area is 239 Å². The number of nitrogens with one attached hydrogen (secondary N) is 1. The average Bonchev–Trinajstić information content (AvgIpc) is 3.31. The van der Waals surface area contributed by atoms with Crippen LogP contribution in [0.4, 0.5) is 20.3 Å². The van der Waals surface area contributed by atoms with Gasteiger partial charge in [-0.05, 0) is 54.1 Å². The Hall–Kier alpha value is -4.76. The van der Waals surface area contributed by atoms with Crippen molar-refractivity contribution in [1.82, 2.24) is 9.78 Å². The molecule has 5 aromatic rings. The molecule has 4 aromatic carbocycles. The second kappa shape index (κ2) is 11.4. The summed E-state index contributed by atoms with van der Waals surface area (Å²) >= 11 is 1.35. The number of nitrogens with zero attached hydrogens (tertiary/aromatic N) is 3. The lowest BCUT2D eigenvalue weighted by Crippen LogP contribution is -2.40. The van der Waals surface area contributed by atoms with Gasteiger partial charge in [-0.15, -0.1) is 11.8 Å². The molecule has 0 saturated heterocycles. The van der Waals surface area contributed by atoms with Gasteiger partial charge >= 0.3 is 0 Å². The quantitative estimate of drug-likeness (QED) is 0.251. The van der Waals surface area contributed by atoms with Crippen LogP contribution in [-0.2, 0) is 9.59 Å². The molecule has 0 bridgehead atoms. The maximum absolute atomic E-state index is 14.5. The zero-order valence-electron chi connectivity index (χ0n) is 21.7. The van der Waals surface area contributed by atoms with Gasteiger partial charge in [0.25, 0.3) is 0 Å². The molecule has 0 spiro atoms. The molecule has 9 heteroatoms. The van der Waals surface area contributed by atoms with Crippen LogP contribution in [0, 0.1) is 11.6 Å². The third-order valence-electron chi connectivity index (χ3n) is 6.72. The Balaban J connectivity index is 1.57. The maximum atomic E-state index is 14.5. The summed E-state index contributed by atoms with van der Waals surface area (Å²) in [5.41, 5.74) is 3.80. The van der Waals surface area contributed by atoms with Gasteiger partial charge in [-0.1, -0.05) is 60.7 Å². The number of aromatic nitrogens is 2. The summed E-state index contributed by atoms with van der Waals surface area (Å²) in [4.78, 5) is 28.4. The lowest BCUT2D eigenvalue weighted by molar-refractivity contribution is -0.120. The third-order valence-corrected chi connectivity index (χ3v) is 7.97. The molecule has 1 unspecified atom stereocenters. The molecule has 1 aromatic heterocycles. The number of carbonyl (C=O) groups excluding carboxylic acids is 2. The van der Waals surface area contributed by atoms with E-state index in [-0.39, 0.29) is 18.2 Å². The van der Waals surface area contributed by atoms with Gasteiger partial charge in [-0.2, -0.15) is 5.10 Å². The lowest BCUT2D eigenvalue weighted by atomic mass is 9.99. The number of amides is 2. The highest BCUT2D eigenvalue weighted by molar-refractivity contribution is 8.00. The van der Waals surface area contributed by atoms with Crippen LogP contribution < -0.4 is 10.2 Å².